The molecule has 1 fully saturated rings. The van der Waals surface area contributed by atoms with Gasteiger partial charge in [0.15, 0.2) is 0 Å². The number of hydrogen-bond donors (Lipinski definition) is 3. The van der Waals surface area contributed by atoms with Gasteiger partial charge in [0.1, 0.15) is 6.04 Å². The molecule has 0 aliphatic carbocycles. The molecule has 0 aromatic heterocycles. The fraction of sp³-hybridized carbons (Fsp3) is 0.440. The van der Waals surface area contributed by atoms with Crippen molar-refractivity contribution in [1.29, 1.82) is 0 Å². The van der Waals surface area contributed by atoms with Gasteiger partial charge in [-0.25, -0.2) is 17.9 Å². The number of aliphatic carboxylic acids is 1. The van der Waals surface area contributed by atoms with Gasteiger partial charge in [0.25, 0.3) is 5.91 Å². The molecule has 9 nitrogen and oxygen atoms in total. The molecule has 11 heteroatoms. The zero-order valence-corrected chi connectivity index (χ0v) is 22.2. The summed E-state index contributed by atoms with van der Waals surface area (Å²) in [7, 11) is -3.83. The Labute approximate surface area is 216 Å². The first-order chi connectivity index (χ1) is 17.2. The largest absolute Gasteiger partial charge is 0.480 e. The second-order valence-corrected chi connectivity index (χ2v) is 11.3. The average Bonchev–Trinajstić information content (AvgIpc) is 2.86. The molecule has 3 N–H and O–H groups in total. The van der Waals surface area contributed by atoms with E-state index in [0.29, 0.717) is 36.6 Å². The zero-order valence-electron chi connectivity index (χ0n) is 20.5. The van der Waals surface area contributed by atoms with Crippen LogP contribution in [0.5, 0.6) is 0 Å². The van der Waals surface area contributed by atoms with Crippen molar-refractivity contribution in [1.82, 2.24) is 14.9 Å². The third-order valence-electron chi connectivity index (χ3n) is 6.02. The Kier molecular flexibility index (Phi) is 10.3. The summed E-state index contributed by atoms with van der Waals surface area (Å²) in [6.45, 7) is 5.48. The zero-order chi connectivity index (χ0) is 26.1. The highest BCUT2D eigenvalue weighted by atomic mass is 32.2. The maximum atomic E-state index is 13.2. The number of hydrogen-bond acceptors (Lipinski definition) is 7. The summed E-state index contributed by atoms with van der Waals surface area (Å²) in [6, 6.07) is 10.6. The Balaban J connectivity index is 1.88. The van der Waals surface area contributed by atoms with Gasteiger partial charge in [0.05, 0.1) is 18.1 Å². The fourth-order valence-corrected chi connectivity index (χ4v) is 5.48. The van der Waals surface area contributed by atoms with Gasteiger partial charge in [-0.3, -0.25) is 9.69 Å². The Bertz CT molecular complexity index is 1170. The molecule has 1 aliphatic heterocycles. The molecule has 0 radical (unpaired) electrons. The Morgan fingerprint density at radius 3 is 2.53 bits per heavy atom. The van der Waals surface area contributed by atoms with Gasteiger partial charge in [-0.2, -0.15) is 11.8 Å². The second-order valence-electron chi connectivity index (χ2n) is 8.52. The number of carboxylic acids is 1. The molecule has 1 atom stereocenters. The van der Waals surface area contributed by atoms with E-state index in [4.69, 9.17) is 4.74 Å². The van der Waals surface area contributed by atoms with Crippen molar-refractivity contribution < 1.29 is 27.9 Å². The van der Waals surface area contributed by atoms with Crippen LogP contribution in [0.3, 0.4) is 0 Å². The van der Waals surface area contributed by atoms with Crippen molar-refractivity contribution in [2.75, 3.05) is 51.4 Å². The molecule has 1 saturated heterocycles. The lowest BCUT2D eigenvalue weighted by Gasteiger charge is -2.26. The van der Waals surface area contributed by atoms with Gasteiger partial charge in [-0.15, -0.1) is 0 Å². The molecule has 0 spiro atoms. The van der Waals surface area contributed by atoms with Crippen LogP contribution < -0.4 is 10.0 Å². The summed E-state index contributed by atoms with van der Waals surface area (Å²) in [5.41, 5.74) is 2.20. The third-order valence-corrected chi connectivity index (χ3v) is 8.12. The molecular formula is C25H33N3O6S2. The maximum Gasteiger partial charge on any atom is 0.326 e. The van der Waals surface area contributed by atoms with Crippen LogP contribution in [0.25, 0.3) is 11.1 Å². The number of aryl methyl sites for hydroxylation is 1. The summed E-state index contributed by atoms with van der Waals surface area (Å²) >= 11 is 1.49. The van der Waals surface area contributed by atoms with E-state index in [0.717, 1.165) is 18.7 Å². The summed E-state index contributed by atoms with van der Waals surface area (Å²) in [4.78, 5) is 27.0. The van der Waals surface area contributed by atoms with Crippen LogP contribution in [0, 0.1) is 6.92 Å². The fourth-order valence-electron chi connectivity index (χ4n) is 3.96. The highest BCUT2D eigenvalue weighted by Crippen LogP contribution is 2.29. The van der Waals surface area contributed by atoms with Crippen LogP contribution in [0.2, 0.25) is 0 Å². The molecule has 196 valence electrons. The van der Waals surface area contributed by atoms with Crippen molar-refractivity contribution in [2.45, 2.75) is 24.3 Å². The van der Waals surface area contributed by atoms with Crippen molar-refractivity contribution >= 4 is 33.7 Å². The third kappa shape index (κ3) is 7.53. The summed E-state index contributed by atoms with van der Waals surface area (Å²) in [5, 5.41) is 12.1. The minimum Gasteiger partial charge on any atom is -0.480 e. The monoisotopic (exact) mass is 535 g/mol. The SMILES string of the molecule is CSCCC(NC(=O)c1ccc(S(=O)(=O)NCCN2CCOCC2)cc1-c1ccccc1C)C(=O)O. The number of rotatable bonds is 12. The molecule has 0 saturated carbocycles. The van der Waals surface area contributed by atoms with Crippen LogP contribution in [0.4, 0.5) is 0 Å². The molecule has 1 unspecified atom stereocenters. The Morgan fingerprint density at radius 2 is 1.86 bits per heavy atom. The van der Waals surface area contributed by atoms with Crippen LogP contribution in [0.1, 0.15) is 22.3 Å². The molecule has 2 aromatic carbocycles. The van der Waals surface area contributed by atoms with E-state index in [1.807, 2.05) is 37.4 Å². The summed E-state index contributed by atoms with van der Waals surface area (Å²) < 4.78 is 34.1. The lowest BCUT2D eigenvalue weighted by molar-refractivity contribution is -0.139. The minimum atomic E-state index is -3.83. The number of carbonyl (C=O) groups excluding carboxylic acids is 1. The maximum absolute atomic E-state index is 13.2. The molecule has 2 aromatic rings. The van der Waals surface area contributed by atoms with Gasteiger partial charge in [0.2, 0.25) is 10.0 Å². The van der Waals surface area contributed by atoms with Gasteiger partial charge in [-0.05, 0) is 60.2 Å². The number of carboxylic acid groups (broad SMARTS) is 1. The Morgan fingerprint density at radius 1 is 1.14 bits per heavy atom. The van der Waals surface area contributed by atoms with E-state index >= 15 is 0 Å². The lowest BCUT2D eigenvalue weighted by atomic mass is 9.95. The first-order valence-corrected chi connectivity index (χ1v) is 14.6. The average molecular weight is 536 g/mol. The molecule has 0 bridgehead atoms. The van der Waals surface area contributed by atoms with E-state index < -0.39 is 27.9 Å². The molecule has 36 heavy (non-hydrogen) atoms. The quantitative estimate of drug-likeness (QED) is 0.378. The lowest BCUT2D eigenvalue weighted by Crippen LogP contribution is -2.41. The molecule has 1 heterocycles. The second kappa shape index (κ2) is 13.2. The van der Waals surface area contributed by atoms with Crippen molar-refractivity contribution in [2.24, 2.45) is 0 Å². The number of thioether (sulfide) groups is 1. The number of nitrogens with one attached hydrogen (secondary N) is 2. The normalized spacial score (nSPS) is 15.4. The van der Waals surface area contributed by atoms with Gasteiger partial charge < -0.3 is 15.2 Å². The predicted octanol–water partition coefficient (Wildman–Crippen LogP) is 2.21. The van der Waals surface area contributed by atoms with Crippen LogP contribution in [-0.2, 0) is 19.6 Å². The first kappa shape index (κ1) is 28.1. The van der Waals surface area contributed by atoms with Gasteiger partial charge >= 0.3 is 5.97 Å². The molecule has 1 aliphatic rings. The summed E-state index contributed by atoms with van der Waals surface area (Å²) in [5.74, 6) is -1.10. The first-order valence-electron chi connectivity index (χ1n) is 11.8. The highest BCUT2D eigenvalue weighted by molar-refractivity contribution is 7.98. The smallest absolute Gasteiger partial charge is 0.326 e. The number of ether oxygens (including phenoxy) is 1. The Hall–Kier alpha value is -2.44. The number of morpholine rings is 1. The summed E-state index contributed by atoms with van der Waals surface area (Å²) in [6.07, 6.45) is 2.15. The van der Waals surface area contributed by atoms with Crippen LogP contribution in [0.15, 0.2) is 47.4 Å². The van der Waals surface area contributed by atoms with Crippen LogP contribution in [-0.4, -0.2) is 87.7 Å². The van der Waals surface area contributed by atoms with Crippen LogP contribution >= 0.6 is 11.8 Å². The van der Waals surface area contributed by atoms with Crippen molar-refractivity contribution in [3.8, 4) is 11.1 Å². The van der Waals surface area contributed by atoms with Gasteiger partial charge in [-0.1, -0.05) is 24.3 Å². The topological polar surface area (TPSA) is 125 Å². The minimum absolute atomic E-state index is 0.0384. The number of sulfonamides is 1. The van der Waals surface area contributed by atoms with E-state index in [2.05, 4.69) is 14.9 Å². The standard InChI is InChI=1S/C25H33N3O6S2/c1-18-5-3-4-6-20(18)22-17-19(36(32,33)26-10-11-28-12-14-34-15-13-28)7-8-21(22)24(29)27-23(25(30)31)9-16-35-2/h3-8,17,23,26H,9-16H2,1-2H3,(H,27,29)(H,30,31). The molecule has 3 rings (SSSR count). The van der Waals surface area contributed by atoms with E-state index in [1.165, 1.54) is 30.0 Å². The number of amides is 1. The van der Waals surface area contributed by atoms with Crippen molar-refractivity contribution in [3.63, 3.8) is 0 Å². The van der Waals surface area contributed by atoms with E-state index in [1.54, 1.807) is 0 Å². The predicted molar refractivity (Wildman–Crippen MR) is 141 cm³/mol. The highest BCUT2D eigenvalue weighted by Gasteiger charge is 2.24. The number of benzene rings is 2. The van der Waals surface area contributed by atoms with Gasteiger partial charge in [0, 0.05) is 31.7 Å². The molecular weight excluding hydrogens is 502 g/mol. The van der Waals surface area contributed by atoms with E-state index in [9.17, 15) is 23.1 Å². The number of nitrogens with zero attached hydrogens (tertiary/aromatic N) is 1. The van der Waals surface area contributed by atoms with Crippen molar-refractivity contribution in [3.05, 3.63) is 53.6 Å². The number of carbonyl (C=O) groups is 2. The van der Waals surface area contributed by atoms with E-state index in [-0.39, 0.29) is 23.4 Å². The molecule has 1 amide bonds.